The van der Waals surface area contributed by atoms with Gasteiger partial charge in [-0.05, 0) is 29.8 Å². The maximum atomic E-state index is 13.0. The summed E-state index contributed by atoms with van der Waals surface area (Å²) >= 11 is 0. The molecule has 31 heavy (non-hydrogen) atoms. The van der Waals surface area contributed by atoms with Gasteiger partial charge in [0.1, 0.15) is 17.2 Å². The lowest BCUT2D eigenvalue weighted by Gasteiger charge is -2.15. The monoisotopic (exact) mass is 436 g/mol. The van der Waals surface area contributed by atoms with Crippen LogP contribution in [0.3, 0.4) is 0 Å². The summed E-state index contributed by atoms with van der Waals surface area (Å²) in [4.78, 5) is 26.9. The smallest absolute Gasteiger partial charge is 0.497 e. The highest BCUT2D eigenvalue weighted by Gasteiger charge is 2.39. The third kappa shape index (κ3) is 5.15. The van der Waals surface area contributed by atoms with Gasteiger partial charge in [0.05, 0.1) is 25.8 Å². The molecule has 0 aromatic heterocycles. The van der Waals surface area contributed by atoms with Gasteiger partial charge in [-0.1, -0.05) is 18.2 Å². The molecular formula is C21H19F3N2O5. The molecule has 0 saturated carbocycles. The van der Waals surface area contributed by atoms with Crippen LogP contribution in [0.4, 0.5) is 18.9 Å². The first-order valence-electron chi connectivity index (χ1n) is 9.10. The van der Waals surface area contributed by atoms with E-state index in [2.05, 4.69) is 10.1 Å². The Morgan fingerprint density at radius 2 is 1.68 bits per heavy atom. The largest absolute Gasteiger partial charge is 0.573 e. The molecule has 2 aromatic rings. The second-order valence-corrected chi connectivity index (χ2v) is 6.43. The Bertz CT molecular complexity index is 1000. The Morgan fingerprint density at radius 3 is 2.29 bits per heavy atom. The molecule has 2 aromatic carbocycles. The van der Waals surface area contributed by atoms with Crippen LogP contribution in [0.1, 0.15) is 5.56 Å². The van der Waals surface area contributed by atoms with E-state index in [0.29, 0.717) is 11.3 Å². The van der Waals surface area contributed by atoms with E-state index >= 15 is 0 Å². The van der Waals surface area contributed by atoms with Gasteiger partial charge in [0, 0.05) is 18.9 Å². The van der Waals surface area contributed by atoms with Gasteiger partial charge in [-0.15, -0.1) is 13.2 Å². The number of nitrogens with zero attached hydrogens (tertiary/aromatic N) is 1. The minimum Gasteiger partial charge on any atom is -0.497 e. The van der Waals surface area contributed by atoms with Crippen LogP contribution in [0.5, 0.6) is 11.5 Å². The second kappa shape index (κ2) is 9.09. The van der Waals surface area contributed by atoms with E-state index in [4.69, 9.17) is 9.47 Å². The molecule has 0 radical (unpaired) electrons. The quantitative estimate of drug-likeness (QED) is 0.639. The van der Waals surface area contributed by atoms with Crippen molar-refractivity contribution in [1.82, 2.24) is 4.90 Å². The van der Waals surface area contributed by atoms with Gasteiger partial charge in [0.15, 0.2) is 0 Å². The molecule has 0 aliphatic carbocycles. The fourth-order valence-corrected chi connectivity index (χ4v) is 3.02. The van der Waals surface area contributed by atoms with Crippen molar-refractivity contribution < 1.29 is 37.0 Å². The topological polar surface area (TPSA) is 77.1 Å². The molecule has 1 heterocycles. The Morgan fingerprint density at radius 1 is 0.968 bits per heavy atom. The van der Waals surface area contributed by atoms with E-state index in [1.165, 1.54) is 26.4 Å². The zero-order valence-electron chi connectivity index (χ0n) is 16.7. The van der Waals surface area contributed by atoms with Crippen molar-refractivity contribution in [2.75, 3.05) is 32.7 Å². The standard InChI is InChI=1S/C21H19F3N2O5/c1-29-11-10-26-19(27)17(13-6-8-15(30-2)9-7-13)18(20(26)28)25-14-4-3-5-16(12-14)31-21(22,23)24/h3-9,12,25H,10-11H2,1-2H3. The number of amides is 2. The van der Waals surface area contributed by atoms with Gasteiger partial charge in [-0.3, -0.25) is 14.5 Å². The van der Waals surface area contributed by atoms with Gasteiger partial charge in [-0.2, -0.15) is 0 Å². The summed E-state index contributed by atoms with van der Waals surface area (Å²) in [7, 11) is 2.93. The van der Waals surface area contributed by atoms with Crippen molar-refractivity contribution in [1.29, 1.82) is 0 Å². The molecule has 10 heteroatoms. The van der Waals surface area contributed by atoms with Crippen LogP contribution >= 0.6 is 0 Å². The molecule has 7 nitrogen and oxygen atoms in total. The lowest BCUT2D eigenvalue weighted by molar-refractivity contribution is -0.274. The molecule has 1 aliphatic rings. The third-order valence-corrected chi connectivity index (χ3v) is 4.40. The first kappa shape index (κ1) is 22.2. The number of anilines is 1. The number of halogens is 3. The number of nitrogens with one attached hydrogen (secondary N) is 1. The number of hydrogen-bond donors (Lipinski definition) is 1. The molecule has 0 bridgehead atoms. The van der Waals surface area contributed by atoms with Crippen LogP contribution in [-0.2, 0) is 14.3 Å². The summed E-state index contributed by atoms with van der Waals surface area (Å²) in [6.45, 7) is 0.159. The SMILES string of the molecule is COCCN1C(=O)C(Nc2cccc(OC(F)(F)F)c2)=C(c2ccc(OC)cc2)C1=O. The fraction of sp³-hybridized carbons (Fsp3) is 0.238. The molecule has 0 unspecified atom stereocenters. The third-order valence-electron chi connectivity index (χ3n) is 4.40. The number of alkyl halides is 3. The maximum absolute atomic E-state index is 13.0. The molecule has 1 aliphatic heterocycles. The minimum absolute atomic E-state index is 0.0240. The van der Waals surface area contributed by atoms with Crippen LogP contribution in [0.25, 0.3) is 5.57 Å². The Labute approximate surface area is 176 Å². The second-order valence-electron chi connectivity index (χ2n) is 6.43. The number of methoxy groups -OCH3 is 2. The Kier molecular flexibility index (Phi) is 6.50. The summed E-state index contributed by atoms with van der Waals surface area (Å²) in [6.07, 6.45) is -4.86. The van der Waals surface area contributed by atoms with E-state index in [-0.39, 0.29) is 30.1 Å². The first-order chi connectivity index (χ1) is 14.7. The van der Waals surface area contributed by atoms with Crippen LogP contribution in [-0.4, -0.2) is 50.4 Å². The van der Waals surface area contributed by atoms with E-state index in [0.717, 1.165) is 17.0 Å². The fourth-order valence-electron chi connectivity index (χ4n) is 3.02. The van der Waals surface area contributed by atoms with Crippen molar-refractivity contribution in [3.8, 4) is 11.5 Å². The highest BCUT2D eigenvalue weighted by atomic mass is 19.4. The molecular weight excluding hydrogens is 417 g/mol. The van der Waals surface area contributed by atoms with Gasteiger partial charge in [0.25, 0.3) is 11.8 Å². The van der Waals surface area contributed by atoms with E-state index in [1.807, 2.05) is 0 Å². The van der Waals surface area contributed by atoms with Crippen molar-refractivity contribution in [2.24, 2.45) is 0 Å². The lowest BCUT2D eigenvalue weighted by atomic mass is 10.0. The van der Waals surface area contributed by atoms with Crippen molar-refractivity contribution >= 4 is 23.1 Å². The molecule has 0 atom stereocenters. The van der Waals surface area contributed by atoms with Gasteiger partial charge in [-0.25, -0.2) is 0 Å². The maximum Gasteiger partial charge on any atom is 0.573 e. The van der Waals surface area contributed by atoms with E-state index in [1.54, 1.807) is 24.3 Å². The number of carbonyl (C=O) groups excluding carboxylic acids is 2. The number of hydrogen-bond acceptors (Lipinski definition) is 6. The number of rotatable bonds is 8. The normalized spacial score (nSPS) is 14.3. The predicted octanol–water partition coefficient (Wildman–Crippen LogP) is 3.43. The number of imide groups is 1. The summed E-state index contributed by atoms with van der Waals surface area (Å²) in [5.74, 6) is -1.06. The lowest BCUT2D eigenvalue weighted by Crippen LogP contribution is -2.35. The molecule has 0 spiro atoms. The van der Waals surface area contributed by atoms with Crippen LogP contribution in [0, 0.1) is 0 Å². The number of carbonyl (C=O) groups is 2. The zero-order chi connectivity index (χ0) is 22.6. The van der Waals surface area contributed by atoms with Crippen LogP contribution < -0.4 is 14.8 Å². The highest BCUT2D eigenvalue weighted by molar-refractivity contribution is 6.36. The van der Waals surface area contributed by atoms with Gasteiger partial charge in [0.2, 0.25) is 0 Å². The first-order valence-corrected chi connectivity index (χ1v) is 9.10. The van der Waals surface area contributed by atoms with Crippen molar-refractivity contribution in [3.05, 3.63) is 59.8 Å². The Hall–Kier alpha value is -3.53. The summed E-state index contributed by atoms with van der Waals surface area (Å²) in [5, 5.41) is 2.78. The number of benzene rings is 2. The average molecular weight is 436 g/mol. The molecule has 0 fully saturated rings. The minimum atomic E-state index is -4.86. The molecule has 2 amide bonds. The zero-order valence-corrected chi connectivity index (χ0v) is 16.7. The van der Waals surface area contributed by atoms with Crippen molar-refractivity contribution in [3.63, 3.8) is 0 Å². The number of ether oxygens (including phenoxy) is 3. The van der Waals surface area contributed by atoms with Crippen LogP contribution in [0.2, 0.25) is 0 Å². The average Bonchev–Trinajstić information content (AvgIpc) is 2.95. The predicted molar refractivity (Wildman–Crippen MR) is 105 cm³/mol. The molecule has 1 N–H and O–H groups in total. The van der Waals surface area contributed by atoms with Gasteiger partial charge < -0.3 is 19.5 Å². The van der Waals surface area contributed by atoms with E-state index in [9.17, 15) is 22.8 Å². The molecule has 164 valence electrons. The summed E-state index contributed by atoms with van der Waals surface area (Å²) in [5.41, 5.74) is 0.628. The summed E-state index contributed by atoms with van der Waals surface area (Å²) < 4.78 is 51.6. The molecule has 3 rings (SSSR count). The summed E-state index contributed by atoms with van der Waals surface area (Å²) in [6, 6.07) is 11.5. The van der Waals surface area contributed by atoms with Crippen molar-refractivity contribution in [2.45, 2.75) is 6.36 Å². The van der Waals surface area contributed by atoms with E-state index < -0.39 is 23.9 Å². The Balaban J connectivity index is 1.99. The highest BCUT2D eigenvalue weighted by Crippen LogP contribution is 2.32. The van der Waals surface area contributed by atoms with Crippen LogP contribution in [0.15, 0.2) is 54.2 Å². The molecule has 0 saturated heterocycles. The van der Waals surface area contributed by atoms with Gasteiger partial charge >= 0.3 is 6.36 Å².